The standard InChI is InChI=1S/C11H15O3P.C4H9.Li/c1-3-13-8-6-5-7-9(14-4-2)10(8)11(12)15;1-4(2)3;/h5-7H,3-4,15H2,1-2H3;4H,1H2,2-3H3;/q;-1;+1. The van der Waals surface area contributed by atoms with Crippen LogP contribution in [0.4, 0.5) is 0 Å². The molecule has 0 aliphatic rings. The molecule has 5 heteroatoms. The van der Waals surface area contributed by atoms with Crippen molar-refractivity contribution in [2.24, 2.45) is 5.92 Å². The van der Waals surface area contributed by atoms with Crippen LogP contribution in [0.1, 0.15) is 38.1 Å². The number of carbonyl (C=O) groups excluding carboxylic acids is 1. The van der Waals surface area contributed by atoms with Gasteiger partial charge in [-0.3, -0.25) is 4.79 Å². The van der Waals surface area contributed by atoms with Crippen molar-refractivity contribution in [3.63, 3.8) is 0 Å². The maximum absolute atomic E-state index is 11.4. The summed E-state index contributed by atoms with van der Waals surface area (Å²) in [7, 11) is 2.14. The molecule has 0 amide bonds. The van der Waals surface area contributed by atoms with Gasteiger partial charge in [0.15, 0.2) is 5.52 Å². The summed E-state index contributed by atoms with van der Waals surface area (Å²) in [5.41, 5.74) is 0.369. The van der Waals surface area contributed by atoms with Gasteiger partial charge in [-0.1, -0.05) is 29.2 Å². The molecule has 108 valence electrons. The van der Waals surface area contributed by atoms with Gasteiger partial charge in [-0.25, -0.2) is 0 Å². The summed E-state index contributed by atoms with van der Waals surface area (Å²) in [6, 6.07) is 5.35. The monoisotopic (exact) mass is 290 g/mol. The molecule has 0 spiro atoms. The molecule has 1 aromatic rings. The second-order valence-corrected chi connectivity index (χ2v) is 4.78. The van der Waals surface area contributed by atoms with E-state index in [1.807, 2.05) is 19.9 Å². The molecule has 0 aliphatic carbocycles. The topological polar surface area (TPSA) is 35.5 Å². The largest absolute Gasteiger partial charge is 1.00 e. The number of carbonyl (C=O) groups is 1. The summed E-state index contributed by atoms with van der Waals surface area (Å²) >= 11 is 0. The van der Waals surface area contributed by atoms with Crippen LogP contribution in [-0.2, 0) is 0 Å². The molecule has 20 heavy (non-hydrogen) atoms. The van der Waals surface area contributed by atoms with E-state index in [0.29, 0.717) is 36.2 Å². The van der Waals surface area contributed by atoms with E-state index in [9.17, 15) is 4.79 Å². The molecule has 1 unspecified atom stereocenters. The van der Waals surface area contributed by atoms with Crippen LogP contribution in [0.2, 0.25) is 0 Å². The first-order chi connectivity index (χ1) is 8.93. The Kier molecular flexibility index (Phi) is 13.4. The van der Waals surface area contributed by atoms with Gasteiger partial charge in [0.25, 0.3) is 0 Å². The van der Waals surface area contributed by atoms with Gasteiger partial charge in [0.2, 0.25) is 0 Å². The van der Waals surface area contributed by atoms with Crippen LogP contribution >= 0.6 is 9.24 Å². The summed E-state index contributed by atoms with van der Waals surface area (Å²) in [4.78, 5) is 11.4. The van der Waals surface area contributed by atoms with Gasteiger partial charge >= 0.3 is 18.9 Å². The zero-order chi connectivity index (χ0) is 14.8. The minimum atomic E-state index is -0.123. The fraction of sp³-hybridized carbons (Fsp3) is 0.467. The quantitative estimate of drug-likeness (QED) is 0.461. The second kappa shape index (κ2) is 12.3. The maximum Gasteiger partial charge on any atom is 1.00 e. The maximum atomic E-state index is 11.4. The van der Waals surface area contributed by atoms with Crippen molar-refractivity contribution < 1.29 is 33.1 Å². The Morgan fingerprint density at radius 3 is 1.80 bits per heavy atom. The fourth-order valence-corrected chi connectivity index (χ4v) is 1.59. The summed E-state index contributed by atoms with van der Waals surface area (Å²) in [5.74, 6) is 1.73. The van der Waals surface area contributed by atoms with Crippen LogP contribution in [0, 0.1) is 12.8 Å². The van der Waals surface area contributed by atoms with E-state index in [1.54, 1.807) is 12.1 Å². The van der Waals surface area contributed by atoms with Crippen molar-refractivity contribution in [3.8, 4) is 11.5 Å². The third-order valence-electron chi connectivity index (χ3n) is 1.83. The number of benzene rings is 1. The molecule has 3 nitrogen and oxygen atoms in total. The third kappa shape index (κ3) is 8.64. The van der Waals surface area contributed by atoms with E-state index < -0.39 is 0 Å². The van der Waals surface area contributed by atoms with Gasteiger partial charge in [-0.15, -0.1) is 0 Å². The minimum absolute atomic E-state index is 0. The fourth-order valence-electron chi connectivity index (χ4n) is 1.31. The second-order valence-electron chi connectivity index (χ2n) is 4.25. The Labute approximate surface area is 137 Å². The molecular weight excluding hydrogens is 266 g/mol. The number of ether oxygens (including phenoxy) is 2. The zero-order valence-corrected chi connectivity index (χ0v) is 14.4. The van der Waals surface area contributed by atoms with E-state index in [4.69, 9.17) is 9.47 Å². The number of hydrogen-bond donors (Lipinski definition) is 0. The number of rotatable bonds is 5. The average Bonchev–Trinajstić information content (AvgIpc) is 2.29. The molecule has 0 bridgehead atoms. The molecule has 1 atom stereocenters. The van der Waals surface area contributed by atoms with E-state index in [2.05, 4.69) is 30.0 Å². The van der Waals surface area contributed by atoms with Gasteiger partial charge in [-0.2, -0.15) is 5.92 Å². The van der Waals surface area contributed by atoms with E-state index in [0.717, 1.165) is 0 Å². The van der Waals surface area contributed by atoms with Gasteiger partial charge in [0, 0.05) is 0 Å². The van der Waals surface area contributed by atoms with Crippen LogP contribution in [0.25, 0.3) is 0 Å². The van der Waals surface area contributed by atoms with Gasteiger partial charge in [-0.05, 0) is 26.0 Å². The SMILES string of the molecule is CCOc1cccc(OCC)c1C(=O)P.[CH2-]C(C)C.[Li+]. The Hall–Kier alpha value is -0.483. The summed E-state index contributed by atoms with van der Waals surface area (Å²) < 4.78 is 10.7. The summed E-state index contributed by atoms with van der Waals surface area (Å²) in [6.45, 7) is 12.6. The van der Waals surface area contributed by atoms with Crippen LogP contribution in [-0.4, -0.2) is 18.7 Å². The van der Waals surface area contributed by atoms with Crippen molar-refractivity contribution in [1.29, 1.82) is 0 Å². The Morgan fingerprint density at radius 2 is 1.55 bits per heavy atom. The van der Waals surface area contributed by atoms with E-state index in [-0.39, 0.29) is 24.4 Å². The van der Waals surface area contributed by atoms with E-state index >= 15 is 0 Å². The number of hydrogen-bond acceptors (Lipinski definition) is 3. The van der Waals surface area contributed by atoms with Gasteiger partial charge in [0.1, 0.15) is 17.1 Å². The van der Waals surface area contributed by atoms with Crippen molar-refractivity contribution in [1.82, 2.24) is 0 Å². The molecular formula is C15H24LiO3P. The Balaban J connectivity index is 0. The Morgan fingerprint density at radius 1 is 1.20 bits per heavy atom. The normalized spacial score (nSPS) is 9.15. The summed E-state index contributed by atoms with van der Waals surface area (Å²) in [5, 5.41) is 0. The molecule has 0 fully saturated rings. The molecule has 0 aromatic heterocycles. The minimum Gasteiger partial charge on any atom is -0.493 e. The van der Waals surface area contributed by atoms with Crippen molar-refractivity contribution >= 4 is 14.8 Å². The molecule has 0 aliphatic heterocycles. The average molecular weight is 290 g/mol. The predicted octanol–water partition coefficient (Wildman–Crippen LogP) is 0.980. The first kappa shape index (κ1) is 21.8. The van der Waals surface area contributed by atoms with Crippen LogP contribution in [0.5, 0.6) is 11.5 Å². The zero-order valence-electron chi connectivity index (χ0n) is 13.2. The first-order valence-corrected chi connectivity index (χ1v) is 7.03. The molecule has 1 aromatic carbocycles. The van der Waals surface area contributed by atoms with Crippen LogP contribution < -0.4 is 28.3 Å². The van der Waals surface area contributed by atoms with Crippen LogP contribution in [0.15, 0.2) is 18.2 Å². The smallest absolute Gasteiger partial charge is 0.493 e. The molecule has 0 saturated carbocycles. The van der Waals surface area contributed by atoms with Gasteiger partial charge in [0.05, 0.1) is 13.2 Å². The van der Waals surface area contributed by atoms with Crippen molar-refractivity contribution in [2.75, 3.05) is 13.2 Å². The molecule has 0 heterocycles. The first-order valence-electron chi connectivity index (χ1n) is 6.45. The molecule has 0 N–H and O–H groups in total. The van der Waals surface area contributed by atoms with Crippen molar-refractivity contribution in [2.45, 2.75) is 27.7 Å². The molecule has 0 radical (unpaired) electrons. The van der Waals surface area contributed by atoms with E-state index in [1.165, 1.54) is 0 Å². The van der Waals surface area contributed by atoms with Crippen LogP contribution in [0.3, 0.4) is 0 Å². The Bertz CT molecular complexity index is 368. The third-order valence-corrected chi connectivity index (χ3v) is 2.12. The molecule has 1 rings (SSSR count). The van der Waals surface area contributed by atoms with Crippen molar-refractivity contribution in [3.05, 3.63) is 30.7 Å². The summed E-state index contributed by atoms with van der Waals surface area (Å²) in [6.07, 6.45) is 0. The van der Waals surface area contributed by atoms with Gasteiger partial charge < -0.3 is 16.4 Å². The molecule has 0 saturated heterocycles. The predicted molar refractivity (Wildman–Crippen MR) is 83.0 cm³/mol.